The van der Waals surface area contributed by atoms with Gasteiger partial charge in [-0.3, -0.25) is 4.68 Å². The molecule has 0 aliphatic rings. The lowest BCUT2D eigenvalue weighted by atomic mass is 10.2. The summed E-state index contributed by atoms with van der Waals surface area (Å²) in [6.07, 6.45) is 2.24. The molecule has 0 radical (unpaired) electrons. The number of hydrogen-bond acceptors (Lipinski definition) is 4. The van der Waals surface area contributed by atoms with Crippen molar-refractivity contribution in [2.24, 2.45) is 7.05 Å². The van der Waals surface area contributed by atoms with Gasteiger partial charge >= 0.3 is 0 Å². The molecular weight excluding hydrogens is 212 g/mol. The summed E-state index contributed by atoms with van der Waals surface area (Å²) in [5.74, 6) is 2.41. The smallest absolute Gasteiger partial charge is 0.162 e. The molecule has 5 heteroatoms. The predicted molar refractivity (Wildman–Crippen MR) is 62.3 cm³/mol. The van der Waals surface area contributed by atoms with Gasteiger partial charge in [0.2, 0.25) is 0 Å². The van der Waals surface area contributed by atoms with Crippen molar-refractivity contribution in [1.82, 2.24) is 9.78 Å². The fourth-order valence-corrected chi connectivity index (χ4v) is 2.22. The molecule has 0 aliphatic heterocycles. The van der Waals surface area contributed by atoms with Crippen LogP contribution in [0.4, 0.5) is 0 Å². The minimum atomic E-state index is -0.510. The summed E-state index contributed by atoms with van der Waals surface area (Å²) in [4.78, 5) is 0. The van der Waals surface area contributed by atoms with E-state index < -0.39 is 6.10 Å². The van der Waals surface area contributed by atoms with Crippen molar-refractivity contribution >= 4 is 11.8 Å². The Bertz CT molecular complexity index is 302. The Kier molecular flexibility index (Phi) is 4.98. The third kappa shape index (κ3) is 3.14. The molecule has 1 heterocycles. The number of aryl methyl sites for hydroxylation is 1. The van der Waals surface area contributed by atoms with Gasteiger partial charge in [0, 0.05) is 12.8 Å². The van der Waals surface area contributed by atoms with E-state index in [2.05, 4.69) is 12.0 Å². The van der Waals surface area contributed by atoms with E-state index in [0.717, 1.165) is 17.9 Å². The minimum absolute atomic E-state index is 0.510. The fourth-order valence-electron chi connectivity index (χ4n) is 1.38. The number of hydrogen-bond donors (Lipinski definition) is 1. The largest absolute Gasteiger partial charge is 0.493 e. The van der Waals surface area contributed by atoms with Crippen LogP contribution in [-0.4, -0.2) is 33.5 Å². The number of aliphatic hydroxyl groups excluding tert-OH is 1. The van der Waals surface area contributed by atoms with Crippen LogP contribution in [0.25, 0.3) is 0 Å². The highest BCUT2D eigenvalue weighted by Crippen LogP contribution is 2.26. The maximum atomic E-state index is 9.97. The summed E-state index contributed by atoms with van der Waals surface area (Å²) in [6.45, 7) is 2.13. The normalized spacial score (nSPS) is 12.8. The molecular formula is C10H18N2O2S. The topological polar surface area (TPSA) is 47.3 Å². The minimum Gasteiger partial charge on any atom is -0.493 e. The molecule has 0 aliphatic carbocycles. The van der Waals surface area contributed by atoms with Gasteiger partial charge in [0.15, 0.2) is 5.75 Å². The Balaban J connectivity index is 2.63. The van der Waals surface area contributed by atoms with Crippen LogP contribution in [0.5, 0.6) is 5.75 Å². The lowest BCUT2D eigenvalue weighted by molar-refractivity contribution is 0.188. The number of aliphatic hydroxyl groups is 1. The molecule has 86 valence electrons. The molecule has 1 N–H and O–H groups in total. The van der Waals surface area contributed by atoms with E-state index >= 15 is 0 Å². The molecule has 1 aromatic rings. The van der Waals surface area contributed by atoms with E-state index in [0.29, 0.717) is 11.5 Å². The van der Waals surface area contributed by atoms with Crippen molar-refractivity contribution in [3.8, 4) is 5.75 Å². The van der Waals surface area contributed by atoms with Crippen LogP contribution in [0.2, 0.25) is 0 Å². The first-order valence-electron chi connectivity index (χ1n) is 5.02. The van der Waals surface area contributed by atoms with Crippen molar-refractivity contribution in [3.05, 3.63) is 11.9 Å². The first-order chi connectivity index (χ1) is 7.20. The zero-order valence-electron chi connectivity index (χ0n) is 9.43. The molecule has 1 unspecified atom stereocenters. The lowest BCUT2D eigenvalue weighted by Gasteiger charge is -2.12. The molecule has 15 heavy (non-hydrogen) atoms. The van der Waals surface area contributed by atoms with Crippen LogP contribution in [0.3, 0.4) is 0 Å². The zero-order valence-corrected chi connectivity index (χ0v) is 10.3. The van der Waals surface area contributed by atoms with Crippen molar-refractivity contribution < 1.29 is 9.84 Å². The summed E-state index contributed by atoms with van der Waals surface area (Å²) in [5.41, 5.74) is 0.751. The molecule has 0 fully saturated rings. The van der Waals surface area contributed by atoms with E-state index in [1.807, 2.05) is 7.05 Å². The van der Waals surface area contributed by atoms with E-state index in [9.17, 15) is 5.11 Å². The van der Waals surface area contributed by atoms with Gasteiger partial charge in [-0.1, -0.05) is 6.92 Å². The third-order valence-electron chi connectivity index (χ3n) is 2.11. The van der Waals surface area contributed by atoms with E-state index in [-0.39, 0.29) is 0 Å². The second kappa shape index (κ2) is 6.02. The van der Waals surface area contributed by atoms with Gasteiger partial charge in [0.1, 0.15) is 11.8 Å². The predicted octanol–water partition coefficient (Wildman–Crippen LogP) is 1.61. The number of nitrogens with zero attached hydrogens (tertiary/aromatic N) is 2. The van der Waals surface area contributed by atoms with E-state index in [4.69, 9.17) is 4.74 Å². The van der Waals surface area contributed by atoms with Gasteiger partial charge in [-0.05, 0) is 12.2 Å². The second-order valence-corrected chi connectivity index (χ2v) is 4.46. The summed E-state index contributed by atoms with van der Waals surface area (Å²) in [5, 5.41) is 14.0. The van der Waals surface area contributed by atoms with Gasteiger partial charge in [-0.2, -0.15) is 16.9 Å². The Morgan fingerprint density at radius 3 is 3.00 bits per heavy atom. The van der Waals surface area contributed by atoms with Gasteiger partial charge in [-0.25, -0.2) is 0 Å². The first kappa shape index (κ1) is 12.4. The van der Waals surface area contributed by atoms with E-state index in [1.54, 1.807) is 29.8 Å². The van der Waals surface area contributed by atoms with Crippen LogP contribution >= 0.6 is 11.8 Å². The molecule has 1 rings (SSSR count). The Morgan fingerprint density at radius 2 is 2.40 bits per heavy atom. The number of ether oxygens (including phenoxy) is 1. The van der Waals surface area contributed by atoms with E-state index in [1.165, 1.54) is 0 Å². The molecule has 0 saturated carbocycles. The van der Waals surface area contributed by atoms with Crippen LogP contribution in [0.1, 0.15) is 25.1 Å². The van der Waals surface area contributed by atoms with Crippen molar-refractivity contribution in [2.45, 2.75) is 19.4 Å². The maximum Gasteiger partial charge on any atom is 0.162 e. The Labute approximate surface area is 94.6 Å². The maximum absolute atomic E-state index is 9.97. The zero-order chi connectivity index (χ0) is 11.3. The molecule has 0 amide bonds. The van der Waals surface area contributed by atoms with Gasteiger partial charge in [-0.15, -0.1) is 0 Å². The average Bonchev–Trinajstić information content (AvgIpc) is 2.59. The van der Waals surface area contributed by atoms with Crippen LogP contribution < -0.4 is 4.74 Å². The number of rotatable bonds is 6. The fraction of sp³-hybridized carbons (Fsp3) is 0.700. The standard InChI is InChI=1S/C10H18N2O2S/c1-4-5-15-7-8(13)10-9(14-3)6-11-12(10)2/h6,8,13H,4-5,7H2,1-3H3. The molecule has 0 saturated heterocycles. The number of aromatic nitrogens is 2. The van der Waals surface area contributed by atoms with Gasteiger partial charge in [0.05, 0.1) is 13.3 Å². The second-order valence-electron chi connectivity index (χ2n) is 3.31. The summed E-state index contributed by atoms with van der Waals surface area (Å²) in [7, 11) is 3.40. The molecule has 4 nitrogen and oxygen atoms in total. The van der Waals surface area contributed by atoms with Crippen molar-refractivity contribution in [2.75, 3.05) is 18.6 Å². The van der Waals surface area contributed by atoms with Gasteiger partial charge in [0.25, 0.3) is 0 Å². The number of methoxy groups -OCH3 is 1. The Morgan fingerprint density at radius 1 is 1.67 bits per heavy atom. The highest BCUT2D eigenvalue weighted by Gasteiger charge is 2.17. The third-order valence-corrected chi connectivity index (χ3v) is 3.36. The highest BCUT2D eigenvalue weighted by atomic mass is 32.2. The monoisotopic (exact) mass is 230 g/mol. The summed E-state index contributed by atoms with van der Waals surface area (Å²) >= 11 is 1.74. The average molecular weight is 230 g/mol. The first-order valence-corrected chi connectivity index (χ1v) is 6.17. The molecule has 0 bridgehead atoms. The molecule has 1 atom stereocenters. The molecule has 0 spiro atoms. The van der Waals surface area contributed by atoms with Crippen LogP contribution in [-0.2, 0) is 7.05 Å². The summed E-state index contributed by atoms with van der Waals surface area (Å²) < 4.78 is 6.80. The van der Waals surface area contributed by atoms with Crippen molar-refractivity contribution in [1.29, 1.82) is 0 Å². The van der Waals surface area contributed by atoms with Crippen molar-refractivity contribution in [3.63, 3.8) is 0 Å². The SMILES string of the molecule is CCCSCC(O)c1c(OC)cnn1C. The lowest BCUT2D eigenvalue weighted by Crippen LogP contribution is -2.09. The van der Waals surface area contributed by atoms with Crippen LogP contribution in [0, 0.1) is 0 Å². The molecule has 0 aromatic carbocycles. The number of thioether (sulfide) groups is 1. The van der Waals surface area contributed by atoms with Gasteiger partial charge < -0.3 is 9.84 Å². The quantitative estimate of drug-likeness (QED) is 0.754. The van der Waals surface area contributed by atoms with Crippen LogP contribution in [0.15, 0.2) is 6.20 Å². The molecule has 1 aromatic heterocycles. The summed E-state index contributed by atoms with van der Waals surface area (Å²) in [6, 6.07) is 0. The highest BCUT2D eigenvalue weighted by molar-refractivity contribution is 7.99. The Hall–Kier alpha value is -0.680.